The van der Waals surface area contributed by atoms with Gasteiger partial charge in [-0.1, -0.05) is 0 Å². The fourth-order valence-electron chi connectivity index (χ4n) is 2.83. The van der Waals surface area contributed by atoms with E-state index in [0.717, 1.165) is 13.2 Å². The fourth-order valence-corrected chi connectivity index (χ4v) is 4.12. The normalized spacial score (nSPS) is 29.0. The Morgan fingerprint density at radius 2 is 2.29 bits per heavy atom. The van der Waals surface area contributed by atoms with Gasteiger partial charge < -0.3 is 10.1 Å². The highest BCUT2D eigenvalue weighted by molar-refractivity contribution is 7.11. The number of aryl methyl sites for hydroxylation is 1. The Hall–Kier alpha value is -0.450. The van der Waals surface area contributed by atoms with Crippen molar-refractivity contribution in [3.8, 4) is 0 Å². The van der Waals surface area contributed by atoms with Crippen molar-refractivity contribution in [2.75, 3.05) is 20.3 Å². The maximum atomic E-state index is 5.57. The fraction of sp³-hybridized carbons (Fsp3) is 0.769. The Kier molecular flexibility index (Phi) is 3.45. The van der Waals surface area contributed by atoms with Crippen molar-refractivity contribution in [2.24, 2.45) is 0 Å². The number of nitrogens with one attached hydrogen (secondary N) is 1. The molecule has 1 aromatic heterocycles. The van der Waals surface area contributed by atoms with Gasteiger partial charge in [-0.25, -0.2) is 4.98 Å². The van der Waals surface area contributed by atoms with Gasteiger partial charge >= 0.3 is 0 Å². The Bertz CT molecular complexity index is 385. The van der Waals surface area contributed by atoms with Crippen LogP contribution >= 0.6 is 11.3 Å². The van der Waals surface area contributed by atoms with Gasteiger partial charge in [-0.3, -0.25) is 0 Å². The third-order valence-corrected chi connectivity index (χ3v) is 5.12. The van der Waals surface area contributed by atoms with Gasteiger partial charge in [0.15, 0.2) is 0 Å². The average Bonchev–Trinajstić information content (AvgIpc) is 2.83. The quantitative estimate of drug-likeness (QED) is 0.878. The summed E-state index contributed by atoms with van der Waals surface area (Å²) in [6.45, 7) is 1.80. The smallest absolute Gasteiger partial charge is 0.0985 e. The molecule has 0 radical (unpaired) electrons. The minimum absolute atomic E-state index is 0.480. The van der Waals surface area contributed by atoms with E-state index in [1.807, 2.05) is 18.4 Å². The van der Waals surface area contributed by atoms with E-state index >= 15 is 0 Å². The molecule has 17 heavy (non-hydrogen) atoms. The molecule has 1 aliphatic heterocycles. The standard InChI is InChI=1S/C13H20N2OS/c1-14-10-5-2-6-11-12(10)15-13(17-11)9-4-3-7-16-8-9/h9-10,14H,2-8H2,1H3. The van der Waals surface area contributed by atoms with Crippen molar-refractivity contribution in [2.45, 2.75) is 44.1 Å². The number of hydrogen-bond acceptors (Lipinski definition) is 4. The summed E-state index contributed by atoms with van der Waals surface area (Å²) in [5, 5.41) is 4.71. The van der Waals surface area contributed by atoms with Gasteiger partial charge in [-0.2, -0.15) is 0 Å². The van der Waals surface area contributed by atoms with Crippen LogP contribution in [0.5, 0.6) is 0 Å². The summed E-state index contributed by atoms with van der Waals surface area (Å²) in [6.07, 6.45) is 6.18. The van der Waals surface area contributed by atoms with Crippen LogP contribution in [0.1, 0.15) is 53.2 Å². The highest BCUT2D eigenvalue weighted by Crippen LogP contribution is 2.37. The lowest BCUT2D eigenvalue weighted by Gasteiger charge is -2.20. The van der Waals surface area contributed by atoms with Crippen molar-refractivity contribution in [3.63, 3.8) is 0 Å². The maximum absolute atomic E-state index is 5.57. The first kappa shape index (κ1) is 11.6. The Morgan fingerprint density at radius 1 is 1.35 bits per heavy atom. The Morgan fingerprint density at radius 3 is 3.06 bits per heavy atom. The molecule has 3 nitrogen and oxygen atoms in total. The summed E-state index contributed by atoms with van der Waals surface area (Å²) < 4.78 is 5.57. The van der Waals surface area contributed by atoms with Gasteiger partial charge in [0.2, 0.25) is 0 Å². The van der Waals surface area contributed by atoms with Crippen molar-refractivity contribution in [3.05, 3.63) is 15.6 Å². The van der Waals surface area contributed by atoms with E-state index in [9.17, 15) is 0 Å². The summed E-state index contributed by atoms with van der Waals surface area (Å²) >= 11 is 1.93. The van der Waals surface area contributed by atoms with Crippen LogP contribution in [0.25, 0.3) is 0 Å². The zero-order valence-corrected chi connectivity index (χ0v) is 11.2. The molecule has 2 heterocycles. The van der Waals surface area contributed by atoms with Gasteiger partial charge in [0.05, 0.1) is 23.4 Å². The summed E-state index contributed by atoms with van der Waals surface area (Å²) in [5.74, 6) is 0.553. The molecular formula is C13H20N2OS. The molecule has 0 aromatic carbocycles. The van der Waals surface area contributed by atoms with Crippen LogP contribution in [0.4, 0.5) is 0 Å². The molecule has 1 N–H and O–H groups in total. The molecule has 1 aliphatic carbocycles. The number of nitrogens with zero attached hydrogens (tertiary/aromatic N) is 1. The zero-order chi connectivity index (χ0) is 11.7. The topological polar surface area (TPSA) is 34.1 Å². The highest BCUT2D eigenvalue weighted by Gasteiger charge is 2.27. The van der Waals surface area contributed by atoms with Gasteiger partial charge in [0, 0.05) is 17.4 Å². The predicted molar refractivity (Wildman–Crippen MR) is 69.6 cm³/mol. The largest absolute Gasteiger partial charge is 0.381 e. The molecule has 0 saturated carbocycles. The third kappa shape index (κ3) is 2.26. The predicted octanol–water partition coefficient (Wildman–Crippen LogP) is 2.63. The van der Waals surface area contributed by atoms with Crippen LogP contribution in [0.2, 0.25) is 0 Å². The molecule has 2 atom stereocenters. The second-order valence-electron chi connectivity index (χ2n) is 5.01. The lowest BCUT2D eigenvalue weighted by molar-refractivity contribution is 0.0803. The number of rotatable bonds is 2. The van der Waals surface area contributed by atoms with Crippen LogP contribution in [0.15, 0.2) is 0 Å². The minimum atomic E-state index is 0.480. The van der Waals surface area contributed by atoms with Crippen LogP contribution in [0.3, 0.4) is 0 Å². The van der Waals surface area contributed by atoms with Crippen LogP contribution < -0.4 is 5.32 Å². The molecule has 0 amide bonds. The van der Waals surface area contributed by atoms with Crippen LogP contribution in [-0.2, 0) is 11.2 Å². The van der Waals surface area contributed by atoms with Gasteiger partial charge in [-0.05, 0) is 39.2 Å². The molecule has 94 valence electrons. The lowest BCUT2D eigenvalue weighted by atomic mass is 9.97. The summed E-state index contributed by atoms with van der Waals surface area (Å²) in [7, 11) is 2.04. The van der Waals surface area contributed by atoms with Crippen molar-refractivity contribution >= 4 is 11.3 Å². The highest BCUT2D eigenvalue weighted by atomic mass is 32.1. The minimum Gasteiger partial charge on any atom is -0.381 e. The first-order valence-electron chi connectivity index (χ1n) is 6.63. The SMILES string of the molecule is CNC1CCCc2sc(C3CCCOC3)nc21. The summed E-state index contributed by atoms with van der Waals surface area (Å²) in [4.78, 5) is 6.41. The molecule has 2 aliphatic rings. The van der Waals surface area contributed by atoms with E-state index < -0.39 is 0 Å². The van der Waals surface area contributed by atoms with Crippen molar-refractivity contribution < 1.29 is 4.74 Å². The van der Waals surface area contributed by atoms with E-state index in [1.54, 1.807) is 0 Å². The Labute approximate surface area is 107 Å². The molecular weight excluding hydrogens is 232 g/mol. The zero-order valence-electron chi connectivity index (χ0n) is 10.4. The summed E-state index contributed by atoms with van der Waals surface area (Å²) in [5.41, 5.74) is 1.32. The van der Waals surface area contributed by atoms with E-state index in [2.05, 4.69) is 5.32 Å². The second-order valence-corrected chi connectivity index (χ2v) is 6.12. The summed E-state index contributed by atoms with van der Waals surface area (Å²) in [6, 6.07) is 0.480. The van der Waals surface area contributed by atoms with Crippen LogP contribution in [0, 0.1) is 0 Å². The van der Waals surface area contributed by atoms with Gasteiger partial charge in [-0.15, -0.1) is 11.3 Å². The molecule has 4 heteroatoms. The number of fused-ring (bicyclic) bond motifs is 1. The number of hydrogen-bond donors (Lipinski definition) is 1. The monoisotopic (exact) mass is 252 g/mol. The first-order chi connectivity index (χ1) is 8.38. The van der Waals surface area contributed by atoms with Crippen molar-refractivity contribution in [1.82, 2.24) is 10.3 Å². The Balaban J connectivity index is 1.84. The molecule has 3 rings (SSSR count). The molecule has 1 aromatic rings. The first-order valence-corrected chi connectivity index (χ1v) is 7.44. The number of aromatic nitrogens is 1. The maximum Gasteiger partial charge on any atom is 0.0985 e. The van der Waals surface area contributed by atoms with E-state index in [0.29, 0.717) is 12.0 Å². The van der Waals surface area contributed by atoms with E-state index in [1.165, 1.54) is 47.7 Å². The van der Waals surface area contributed by atoms with Gasteiger partial charge in [0.1, 0.15) is 0 Å². The third-order valence-electron chi connectivity index (χ3n) is 3.83. The second kappa shape index (κ2) is 5.04. The molecule has 0 bridgehead atoms. The lowest BCUT2D eigenvalue weighted by Crippen LogP contribution is -2.21. The molecule has 1 fully saturated rings. The number of thiazole rings is 1. The van der Waals surface area contributed by atoms with E-state index in [-0.39, 0.29) is 0 Å². The van der Waals surface area contributed by atoms with Crippen LogP contribution in [-0.4, -0.2) is 25.2 Å². The average molecular weight is 252 g/mol. The van der Waals surface area contributed by atoms with E-state index in [4.69, 9.17) is 9.72 Å². The number of ether oxygens (including phenoxy) is 1. The molecule has 2 unspecified atom stereocenters. The van der Waals surface area contributed by atoms with Gasteiger partial charge in [0.25, 0.3) is 0 Å². The van der Waals surface area contributed by atoms with Crippen molar-refractivity contribution in [1.29, 1.82) is 0 Å². The molecule has 0 spiro atoms. The molecule has 1 saturated heterocycles.